The number of hydrogen-bond donors (Lipinski definition) is 1. The molecule has 19 heavy (non-hydrogen) atoms. The Labute approximate surface area is 118 Å². The highest BCUT2D eigenvalue weighted by atomic mass is 16.5. The molecule has 3 heteroatoms. The number of nitrogens with one attached hydrogen (secondary N) is 1. The fourth-order valence-electron chi connectivity index (χ4n) is 4.32. The van der Waals surface area contributed by atoms with Gasteiger partial charge >= 0.3 is 0 Å². The van der Waals surface area contributed by atoms with Gasteiger partial charge in [0.15, 0.2) is 0 Å². The lowest BCUT2D eigenvalue weighted by atomic mass is 9.89. The first-order chi connectivity index (χ1) is 9.24. The van der Waals surface area contributed by atoms with Crippen molar-refractivity contribution in [2.75, 3.05) is 19.7 Å². The number of piperidine rings is 1. The van der Waals surface area contributed by atoms with E-state index in [1.165, 1.54) is 45.1 Å². The third kappa shape index (κ3) is 3.32. The minimum Gasteiger partial charge on any atom is -0.376 e. The van der Waals surface area contributed by atoms with Gasteiger partial charge in [0.05, 0.1) is 12.7 Å². The van der Waals surface area contributed by atoms with Crippen LogP contribution in [0, 0.1) is 5.92 Å². The van der Waals surface area contributed by atoms with E-state index in [-0.39, 0.29) is 0 Å². The molecule has 2 bridgehead atoms. The van der Waals surface area contributed by atoms with Crippen molar-refractivity contribution in [1.82, 2.24) is 10.2 Å². The molecular weight excluding hydrogens is 236 g/mol. The smallest absolute Gasteiger partial charge is 0.0674 e. The van der Waals surface area contributed by atoms with Crippen molar-refractivity contribution in [2.45, 2.75) is 76.6 Å². The standard InChI is InChI=1S/C16H30N2O/c1-3-16-11-19-12(2)10-18(16)7-6-13-8-14-4-5-15(9-13)17-14/h12-17H,3-11H2,1-2H3. The van der Waals surface area contributed by atoms with Crippen molar-refractivity contribution in [1.29, 1.82) is 0 Å². The monoisotopic (exact) mass is 266 g/mol. The number of rotatable bonds is 4. The predicted octanol–water partition coefficient (Wildman–Crippen LogP) is 2.41. The summed E-state index contributed by atoms with van der Waals surface area (Å²) in [5.41, 5.74) is 0. The molecule has 0 radical (unpaired) electrons. The molecule has 0 aliphatic carbocycles. The Bertz CT molecular complexity index is 284. The van der Waals surface area contributed by atoms with Crippen molar-refractivity contribution < 1.29 is 4.74 Å². The number of nitrogens with zero attached hydrogens (tertiary/aromatic N) is 1. The molecule has 3 fully saturated rings. The van der Waals surface area contributed by atoms with Gasteiger partial charge in [-0.2, -0.15) is 0 Å². The van der Waals surface area contributed by atoms with Crippen molar-refractivity contribution in [3.8, 4) is 0 Å². The molecule has 3 heterocycles. The zero-order valence-electron chi connectivity index (χ0n) is 12.6. The van der Waals surface area contributed by atoms with E-state index in [4.69, 9.17) is 4.74 Å². The number of fused-ring (bicyclic) bond motifs is 2. The zero-order valence-corrected chi connectivity index (χ0v) is 12.6. The molecule has 3 aliphatic rings. The van der Waals surface area contributed by atoms with Crippen LogP contribution in [0.4, 0.5) is 0 Å². The third-order valence-electron chi connectivity index (χ3n) is 5.45. The van der Waals surface area contributed by atoms with Crippen molar-refractivity contribution in [3.63, 3.8) is 0 Å². The van der Waals surface area contributed by atoms with Gasteiger partial charge in [-0.1, -0.05) is 6.92 Å². The molecule has 0 saturated carbocycles. The van der Waals surface area contributed by atoms with Crippen LogP contribution in [0.1, 0.15) is 52.4 Å². The first-order valence-electron chi connectivity index (χ1n) is 8.36. The van der Waals surface area contributed by atoms with Gasteiger partial charge in [0.1, 0.15) is 0 Å². The molecule has 0 aromatic carbocycles. The van der Waals surface area contributed by atoms with Crippen molar-refractivity contribution in [2.24, 2.45) is 5.92 Å². The van der Waals surface area contributed by atoms with Crippen LogP contribution in [-0.4, -0.2) is 48.8 Å². The lowest BCUT2D eigenvalue weighted by Crippen LogP contribution is -2.49. The second kappa shape index (κ2) is 6.11. The molecule has 0 aromatic rings. The van der Waals surface area contributed by atoms with Gasteiger partial charge in [0.2, 0.25) is 0 Å². The molecular formula is C16H30N2O. The first kappa shape index (κ1) is 13.8. The fraction of sp³-hybridized carbons (Fsp3) is 1.00. The summed E-state index contributed by atoms with van der Waals surface area (Å²) in [4.78, 5) is 2.69. The minimum absolute atomic E-state index is 0.423. The summed E-state index contributed by atoms with van der Waals surface area (Å²) < 4.78 is 5.80. The van der Waals surface area contributed by atoms with Crippen LogP contribution in [0.15, 0.2) is 0 Å². The lowest BCUT2D eigenvalue weighted by molar-refractivity contribution is -0.0576. The van der Waals surface area contributed by atoms with Gasteiger partial charge in [-0.3, -0.25) is 4.90 Å². The van der Waals surface area contributed by atoms with E-state index in [2.05, 4.69) is 24.1 Å². The van der Waals surface area contributed by atoms with Gasteiger partial charge < -0.3 is 10.1 Å². The molecule has 3 aliphatic heterocycles. The summed E-state index contributed by atoms with van der Waals surface area (Å²) in [5.74, 6) is 0.967. The number of hydrogen-bond acceptors (Lipinski definition) is 3. The van der Waals surface area contributed by atoms with E-state index >= 15 is 0 Å². The minimum atomic E-state index is 0.423. The molecule has 0 spiro atoms. The Morgan fingerprint density at radius 1 is 1.21 bits per heavy atom. The molecule has 3 saturated heterocycles. The van der Waals surface area contributed by atoms with Gasteiger partial charge in [-0.15, -0.1) is 0 Å². The van der Waals surface area contributed by atoms with Crippen molar-refractivity contribution >= 4 is 0 Å². The van der Waals surface area contributed by atoms with E-state index in [9.17, 15) is 0 Å². The van der Waals surface area contributed by atoms with Crippen LogP contribution in [-0.2, 0) is 4.74 Å². The molecule has 0 amide bonds. The van der Waals surface area contributed by atoms with Crippen LogP contribution in [0.2, 0.25) is 0 Å². The normalized spacial score (nSPS) is 43.6. The van der Waals surface area contributed by atoms with Gasteiger partial charge in [0.25, 0.3) is 0 Å². The van der Waals surface area contributed by atoms with Crippen LogP contribution in [0.3, 0.4) is 0 Å². The fourth-order valence-corrected chi connectivity index (χ4v) is 4.32. The van der Waals surface area contributed by atoms with Gasteiger partial charge in [-0.05, 0) is 57.9 Å². The van der Waals surface area contributed by atoms with E-state index in [0.29, 0.717) is 12.1 Å². The Hall–Kier alpha value is -0.120. The number of ether oxygens (including phenoxy) is 1. The average molecular weight is 266 g/mol. The summed E-state index contributed by atoms with van der Waals surface area (Å²) in [6.45, 7) is 7.87. The number of morpholine rings is 1. The molecule has 110 valence electrons. The highest BCUT2D eigenvalue weighted by Crippen LogP contribution is 2.33. The summed E-state index contributed by atoms with van der Waals surface area (Å²) in [6, 6.07) is 2.35. The third-order valence-corrected chi connectivity index (χ3v) is 5.45. The maximum absolute atomic E-state index is 5.80. The Kier molecular flexibility index (Phi) is 4.45. The molecule has 4 atom stereocenters. The lowest BCUT2D eigenvalue weighted by Gasteiger charge is -2.39. The zero-order chi connectivity index (χ0) is 13.2. The quantitative estimate of drug-likeness (QED) is 0.845. The highest BCUT2D eigenvalue weighted by molar-refractivity contribution is 4.92. The SMILES string of the molecule is CCC1COC(C)CN1CCC1CC2CCC(C1)N2. The Morgan fingerprint density at radius 3 is 2.63 bits per heavy atom. The second-order valence-electron chi connectivity index (χ2n) is 6.96. The van der Waals surface area contributed by atoms with E-state index in [1.54, 1.807) is 0 Å². The predicted molar refractivity (Wildman–Crippen MR) is 78.4 cm³/mol. The van der Waals surface area contributed by atoms with Gasteiger partial charge in [-0.25, -0.2) is 0 Å². The summed E-state index contributed by atoms with van der Waals surface area (Å²) in [6.07, 6.45) is 8.75. The summed E-state index contributed by atoms with van der Waals surface area (Å²) >= 11 is 0. The van der Waals surface area contributed by atoms with E-state index < -0.39 is 0 Å². The van der Waals surface area contributed by atoms with E-state index in [0.717, 1.165) is 31.2 Å². The van der Waals surface area contributed by atoms with Crippen LogP contribution in [0.25, 0.3) is 0 Å². The molecule has 3 nitrogen and oxygen atoms in total. The maximum atomic E-state index is 5.80. The molecule has 4 unspecified atom stereocenters. The van der Waals surface area contributed by atoms with Crippen LogP contribution in [0.5, 0.6) is 0 Å². The first-order valence-corrected chi connectivity index (χ1v) is 8.36. The summed E-state index contributed by atoms with van der Waals surface area (Å²) in [7, 11) is 0. The topological polar surface area (TPSA) is 24.5 Å². The molecule has 1 N–H and O–H groups in total. The van der Waals surface area contributed by atoms with Gasteiger partial charge in [0, 0.05) is 24.7 Å². The average Bonchev–Trinajstić information content (AvgIpc) is 2.76. The van der Waals surface area contributed by atoms with E-state index in [1.807, 2.05) is 0 Å². The van der Waals surface area contributed by atoms with Crippen LogP contribution >= 0.6 is 0 Å². The largest absolute Gasteiger partial charge is 0.376 e. The maximum Gasteiger partial charge on any atom is 0.0674 e. The second-order valence-corrected chi connectivity index (χ2v) is 6.96. The molecule has 3 rings (SSSR count). The molecule has 0 aromatic heterocycles. The Morgan fingerprint density at radius 2 is 1.95 bits per heavy atom. The Balaban J connectivity index is 1.47. The summed E-state index contributed by atoms with van der Waals surface area (Å²) in [5, 5.41) is 3.75. The van der Waals surface area contributed by atoms with Crippen molar-refractivity contribution in [3.05, 3.63) is 0 Å². The highest BCUT2D eigenvalue weighted by Gasteiger charge is 2.34. The van der Waals surface area contributed by atoms with Crippen LogP contribution < -0.4 is 5.32 Å².